The molecule has 0 spiro atoms. The lowest BCUT2D eigenvalue weighted by Gasteiger charge is -1.99. The highest BCUT2D eigenvalue weighted by Crippen LogP contribution is 2.12. The first kappa shape index (κ1) is 14.4. The number of carbonyl (C=O) groups is 2. The first-order chi connectivity index (χ1) is 10.1. The van der Waals surface area contributed by atoms with Crippen molar-refractivity contribution in [3.8, 4) is 0 Å². The van der Waals surface area contributed by atoms with Crippen LogP contribution in [0, 0.1) is 4.91 Å². The predicted molar refractivity (Wildman–Crippen MR) is 70.1 cm³/mol. The molecule has 8 heteroatoms. The van der Waals surface area contributed by atoms with Gasteiger partial charge in [0.15, 0.2) is 11.5 Å². The molecule has 2 N–H and O–H groups in total. The van der Waals surface area contributed by atoms with E-state index in [-0.39, 0.29) is 22.2 Å². The number of hydrazine groups is 1. The van der Waals surface area contributed by atoms with Crippen molar-refractivity contribution in [2.75, 3.05) is 0 Å². The molecule has 0 fully saturated rings. The van der Waals surface area contributed by atoms with Crippen LogP contribution in [0.3, 0.4) is 0 Å². The van der Waals surface area contributed by atoms with Gasteiger partial charge in [-0.05, 0) is 31.2 Å². The molecular weight excluding hydrogens is 278 g/mol. The quantitative estimate of drug-likeness (QED) is 0.620. The van der Waals surface area contributed by atoms with E-state index in [1.54, 1.807) is 6.07 Å². The molecule has 1 aromatic carbocycles. The molecule has 0 aliphatic heterocycles. The minimum Gasteiger partial charge on any atom is -0.459 e. The molecule has 0 atom stereocenters. The fourth-order valence-electron chi connectivity index (χ4n) is 1.45. The van der Waals surface area contributed by atoms with E-state index in [0.717, 1.165) is 0 Å². The van der Waals surface area contributed by atoms with Crippen LogP contribution in [0.5, 0.6) is 0 Å². The second-order valence-corrected chi connectivity index (χ2v) is 3.98. The standard InChI is InChI=1S/C13H11N3O5/c1-9(17)10-4-6-11(7-5-10)16(19)21-15-14-13(18)12-3-2-8-20-12/h2-8H,1H3,(H-,14,15,17,18,19)/p+1. The van der Waals surface area contributed by atoms with Crippen molar-refractivity contribution in [2.45, 2.75) is 6.92 Å². The smallest absolute Gasteiger partial charge is 0.319 e. The number of Topliss-reactive ketones (excluding diaryl/α,β-unsaturated/α-hetero) is 1. The van der Waals surface area contributed by atoms with Gasteiger partial charge in [-0.3, -0.25) is 9.59 Å². The van der Waals surface area contributed by atoms with Gasteiger partial charge < -0.3 is 4.42 Å². The molecule has 108 valence electrons. The summed E-state index contributed by atoms with van der Waals surface area (Å²) in [5.74, 6) is -0.640. The fraction of sp³-hybridized carbons (Fsp3) is 0.0769. The summed E-state index contributed by atoms with van der Waals surface area (Å²) < 4.78 is 4.84. The lowest BCUT2D eigenvalue weighted by Crippen LogP contribution is -2.38. The number of hydrogen-bond acceptors (Lipinski definition) is 6. The number of nitrogens with zero attached hydrogens (tertiary/aromatic N) is 1. The first-order valence-corrected chi connectivity index (χ1v) is 5.92. The van der Waals surface area contributed by atoms with Gasteiger partial charge in [0.1, 0.15) is 0 Å². The second kappa shape index (κ2) is 6.44. The van der Waals surface area contributed by atoms with Gasteiger partial charge in [0.25, 0.3) is 4.92 Å². The zero-order valence-electron chi connectivity index (χ0n) is 11.0. The lowest BCUT2D eigenvalue weighted by atomic mass is 10.1. The van der Waals surface area contributed by atoms with Crippen LogP contribution in [0.1, 0.15) is 27.8 Å². The van der Waals surface area contributed by atoms with E-state index in [9.17, 15) is 14.5 Å². The summed E-state index contributed by atoms with van der Waals surface area (Å²) in [5, 5.41) is 0. The molecule has 21 heavy (non-hydrogen) atoms. The Bertz CT molecular complexity index is 649. The van der Waals surface area contributed by atoms with Gasteiger partial charge in [-0.25, -0.2) is 5.43 Å². The topological polar surface area (TPSA) is 101 Å². The van der Waals surface area contributed by atoms with Crippen molar-refractivity contribution < 1.29 is 23.9 Å². The van der Waals surface area contributed by atoms with Crippen LogP contribution in [-0.4, -0.2) is 16.6 Å². The van der Waals surface area contributed by atoms with Gasteiger partial charge in [-0.1, -0.05) is 4.94 Å². The summed E-state index contributed by atoms with van der Waals surface area (Å²) >= 11 is 0. The molecule has 0 unspecified atom stereocenters. The minimum absolute atomic E-state index is 0.0642. The van der Waals surface area contributed by atoms with Crippen molar-refractivity contribution in [1.29, 1.82) is 0 Å². The van der Waals surface area contributed by atoms with Crippen molar-refractivity contribution in [2.24, 2.45) is 0 Å². The Morgan fingerprint density at radius 2 is 1.90 bits per heavy atom. The van der Waals surface area contributed by atoms with Crippen LogP contribution in [0.25, 0.3) is 0 Å². The number of ketones is 1. The largest absolute Gasteiger partial charge is 0.459 e. The maximum atomic E-state index is 11.6. The summed E-state index contributed by atoms with van der Waals surface area (Å²) in [5.41, 5.74) is 4.74. The number of rotatable bonds is 6. The zero-order valence-corrected chi connectivity index (χ0v) is 11.0. The van der Waals surface area contributed by atoms with Crippen molar-refractivity contribution in [3.63, 3.8) is 0 Å². The van der Waals surface area contributed by atoms with Gasteiger partial charge in [0.2, 0.25) is 0 Å². The van der Waals surface area contributed by atoms with Gasteiger partial charge in [-0.2, -0.15) is 0 Å². The highest BCUT2D eigenvalue weighted by molar-refractivity contribution is 5.94. The number of amides is 1. The Morgan fingerprint density at radius 1 is 1.19 bits per heavy atom. The van der Waals surface area contributed by atoms with Crippen molar-refractivity contribution in [3.05, 3.63) is 58.9 Å². The molecule has 0 saturated heterocycles. The summed E-state index contributed by atoms with van der Waals surface area (Å²) in [7, 11) is 0. The molecule has 2 rings (SSSR count). The molecule has 2 aromatic rings. The maximum absolute atomic E-state index is 11.6. The van der Waals surface area contributed by atoms with Gasteiger partial charge in [0, 0.05) is 23.3 Å². The average Bonchev–Trinajstić information content (AvgIpc) is 3.01. The van der Waals surface area contributed by atoms with E-state index >= 15 is 0 Å². The maximum Gasteiger partial charge on any atom is 0.319 e. The minimum atomic E-state index is -0.597. The third-order valence-corrected chi connectivity index (χ3v) is 2.52. The Morgan fingerprint density at radius 3 is 2.48 bits per heavy atom. The molecule has 0 radical (unpaired) electrons. The van der Waals surface area contributed by atoms with E-state index < -0.39 is 5.91 Å². The average molecular weight is 290 g/mol. The van der Waals surface area contributed by atoms with Crippen LogP contribution in [0.15, 0.2) is 47.1 Å². The number of carbonyl (C=O) groups excluding carboxylic acids is 2. The van der Waals surface area contributed by atoms with E-state index in [4.69, 9.17) is 4.42 Å². The van der Waals surface area contributed by atoms with Crippen LogP contribution >= 0.6 is 0 Å². The van der Waals surface area contributed by atoms with Gasteiger partial charge in [-0.15, -0.1) is 0 Å². The van der Waals surface area contributed by atoms with E-state index in [1.165, 1.54) is 43.5 Å². The molecule has 1 amide bonds. The first-order valence-electron chi connectivity index (χ1n) is 5.92. The highest BCUT2D eigenvalue weighted by Gasteiger charge is 2.17. The zero-order chi connectivity index (χ0) is 15.2. The second-order valence-electron chi connectivity index (χ2n) is 3.98. The van der Waals surface area contributed by atoms with Crippen LogP contribution < -0.4 is 11.0 Å². The Balaban J connectivity index is 1.84. The Kier molecular flexibility index (Phi) is 4.42. The van der Waals surface area contributed by atoms with Crippen LogP contribution in [0.2, 0.25) is 0 Å². The SMILES string of the molecule is CC(=O)c1ccc([N+](=O)ONNC(=O)c2ccco2)cc1. The van der Waals surface area contributed by atoms with Gasteiger partial charge in [0.05, 0.1) is 11.2 Å². The number of benzene rings is 1. The van der Waals surface area contributed by atoms with E-state index in [2.05, 4.69) is 10.4 Å². The molecule has 0 aliphatic rings. The highest BCUT2D eigenvalue weighted by atomic mass is 16.9. The number of furan rings is 1. The number of hydrogen-bond donors (Lipinski definition) is 2. The molecule has 8 nitrogen and oxygen atoms in total. The Labute approximate surface area is 119 Å². The third-order valence-electron chi connectivity index (χ3n) is 2.52. The van der Waals surface area contributed by atoms with Crippen molar-refractivity contribution in [1.82, 2.24) is 11.0 Å². The molecule has 0 aliphatic carbocycles. The number of nitrogens with one attached hydrogen (secondary N) is 2. The normalized spacial score (nSPS) is 9.95. The van der Waals surface area contributed by atoms with Crippen LogP contribution in [0.4, 0.5) is 5.69 Å². The van der Waals surface area contributed by atoms with Crippen molar-refractivity contribution >= 4 is 17.4 Å². The van der Waals surface area contributed by atoms with Gasteiger partial charge >= 0.3 is 11.6 Å². The monoisotopic (exact) mass is 290 g/mol. The molecular formula is C13H12N3O5+. The summed E-state index contributed by atoms with van der Waals surface area (Å²) in [4.78, 5) is 38.8. The molecule has 1 aromatic heterocycles. The molecule has 1 heterocycles. The predicted octanol–water partition coefficient (Wildman–Crippen LogP) is 1.67. The fourth-order valence-corrected chi connectivity index (χ4v) is 1.45. The summed E-state index contributed by atoms with van der Waals surface area (Å²) in [6.45, 7) is 1.42. The van der Waals surface area contributed by atoms with Crippen LogP contribution in [-0.2, 0) is 4.94 Å². The van der Waals surface area contributed by atoms with E-state index in [0.29, 0.717) is 5.56 Å². The molecule has 0 bridgehead atoms. The third kappa shape index (κ3) is 3.74. The lowest BCUT2D eigenvalue weighted by molar-refractivity contribution is -0.766. The summed E-state index contributed by atoms with van der Waals surface area (Å²) in [6.07, 6.45) is 1.34. The molecule has 0 saturated carbocycles. The Hall–Kier alpha value is -3.00. The van der Waals surface area contributed by atoms with E-state index in [1.807, 2.05) is 5.59 Å². The summed E-state index contributed by atoms with van der Waals surface area (Å²) in [6, 6.07) is 8.82.